The van der Waals surface area contributed by atoms with Crippen molar-refractivity contribution >= 4 is 10.0 Å². The zero-order chi connectivity index (χ0) is 28.0. The SMILES string of the molecule is COc1cccc(CC2c3ccc(OC)cc3CCC2NCC2CCC(CNS(=O)(=O)c3ccccc3)CC2)c1. The molecule has 6 nitrogen and oxygen atoms in total. The van der Waals surface area contributed by atoms with Gasteiger partial charge in [0.15, 0.2) is 0 Å². The molecule has 5 rings (SSSR count). The molecule has 3 aromatic rings. The maximum atomic E-state index is 12.6. The Kier molecular flexibility index (Phi) is 9.45. The second-order valence-corrected chi connectivity index (χ2v) is 13.1. The van der Waals surface area contributed by atoms with Gasteiger partial charge in [0, 0.05) is 18.5 Å². The number of nitrogens with one attached hydrogen (secondary N) is 2. The summed E-state index contributed by atoms with van der Waals surface area (Å²) < 4.78 is 39.1. The van der Waals surface area contributed by atoms with E-state index in [1.807, 2.05) is 12.1 Å². The van der Waals surface area contributed by atoms with Gasteiger partial charge in [-0.05, 0) is 116 Å². The fourth-order valence-corrected chi connectivity index (χ4v) is 7.57. The highest BCUT2D eigenvalue weighted by Crippen LogP contribution is 2.37. The minimum absolute atomic E-state index is 0.337. The first-order chi connectivity index (χ1) is 19.4. The first kappa shape index (κ1) is 28.7. The minimum Gasteiger partial charge on any atom is -0.497 e. The van der Waals surface area contributed by atoms with Crippen LogP contribution in [0.3, 0.4) is 0 Å². The van der Waals surface area contributed by atoms with E-state index in [1.54, 1.807) is 38.5 Å². The molecule has 0 heterocycles. The molecule has 0 amide bonds. The van der Waals surface area contributed by atoms with Gasteiger partial charge in [-0.1, -0.05) is 36.4 Å². The largest absolute Gasteiger partial charge is 0.497 e. The van der Waals surface area contributed by atoms with Crippen LogP contribution in [0, 0.1) is 11.8 Å². The van der Waals surface area contributed by atoms with Gasteiger partial charge >= 0.3 is 0 Å². The lowest BCUT2D eigenvalue weighted by Crippen LogP contribution is -2.42. The first-order valence-corrected chi connectivity index (χ1v) is 16.0. The predicted molar refractivity (Wildman–Crippen MR) is 160 cm³/mol. The van der Waals surface area contributed by atoms with E-state index in [0.29, 0.717) is 35.2 Å². The lowest BCUT2D eigenvalue weighted by molar-refractivity contribution is 0.252. The predicted octanol–water partition coefficient (Wildman–Crippen LogP) is 5.72. The Hall–Kier alpha value is -2.87. The van der Waals surface area contributed by atoms with E-state index in [4.69, 9.17) is 9.47 Å². The fraction of sp³-hybridized carbons (Fsp3) is 0.455. The Morgan fingerprint density at radius 2 is 1.48 bits per heavy atom. The van der Waals surface area contributed by atoms with Crippen molar-refractivity contribution in [2.45, 2.75) is 61.8 Å². The Labute approximate surface area is 239 Å². The fourth-order valence-electron chi connectivity index (χ4n) is 6.43. The van der Waals surface area contributed by atoms with Crippen LogP contribution in [0.5, 0.6) is 11.5 Å². The maximum absolute atomic E-state index is 12.6. The van der Waals surface area contributed by atoms with E-state index in [2.05, 4.69) is 46.4 Å². The molecule has 2 N–H and O–H groups in total. The highest BCUT2D eigenvalue weighted by Gasteiger charge is 2.31. The maximum Gasteiger partial charge on any atom is 0.240 e. The van der Waals surface area contributed by atoms with Gasteiger partial charge in [0.25, 0.3) is 0 Å². The van der Waals surface area contributed by atoms with Crippen LogP contribution in [0.25, 0.3) is 0 Å². The normalized spacial score (nSPS) is 22.9. The molecule has 2 atom stereocenters. The Balaban J connectivity index is 1.18. The second-order valence-electron chi connectivity index (χ2n) is 11.3. The summed E-state index contributed by atoms with van der Waals surface area (Å²) >= 11 is 0. The molecule has 0 bridgehead atoms. The van der Waals surface area contributed by atoms with E-state index in [-0.39, 0.29) is 0 Å². The summed E-state index contributed by atoms with van der Waals surface area (Å²) in [6.45, 7) is 1.52. The number of hydrogen-bond donors (Lipinski definition) is 2. The number of sulfonamides is 1. The molecular formula is C33H42N2O4S. The number of fused-ring (bicyclic) bond motifs is 1. The Morgan fingerprint density at radius 1 is 0.775 bits per heavy atom. The molecule has 7 heteroatoms. The first-order valence-electron chi connectivity index (χ1n) is 14.5. The number of hydrogen-bond acceptors (Lipinski definition) is 5. The van der Waals surface area contributed by atoms with Gasteiger partial charge in [-0.2, -0.15) is 0 Å². The van der Waals surface area contributed by atoms with Crippen LogP contribution in [0.4, 0.5) is 0 Å². The summed E-state index contributed by atoms with van der Waals surface area (Å²) in [5.74, 6) is 3.22. The summed E-state index contributed by atoms with van der Waals surface area (Å²) in [7, 11) is 0.0112. The van der Waals surface area contributed by atoms with Crippen molar-refractivity contribution in [3.63, 3.8) is 0 Å². The number of rotatable bonds is 11. The lowest BCUT2D eigenvalue weighted by Gasteiger charge is -2.37. The van der Waals surface area contributed by atoms with Crippen molar-refractivity contribution < 1.29 is 17.9 Å². The smallest absolute Gasteiger partial charge is 0.240 e. The molecule has 2 aliphatic carbocycles. The van der Waals surface area contributed by atoms with Gasteiger partial charge in [0.1, 0.15) is 11.5 Å². The third kappa shape index (κ3) is 7.06. The molecular weight excluding hydrogens is 520 g/mol. The average molecular weight is 563 g/mol. The molecule has 1 fully saturated rings. The summed E-state index contributed by atoms with van der Waals surface area (Å²) in [5.41, 5.74) is 4.10. The van der Waals surface area contributed by atoms with Crippen molar-refractivity contribution in [1.82, 2.24) is 10.0 Å². The number of ether oxygens (including phenoxy) is 2. The molecule has 1 saturated carbocycles. The van der Waals surface area contributed by atoms with Crippen molar-refractivity contribution in [1.29, 1.82) is 0 Å². The summed E-state index contributed by atoms with van der Waals surface area (Å²) in [4.78, 5) is 0.337. The molecule has 40 heavy (non-hydrogen) atoms. The van der Waals surface area contributed by atoms with Crippen molar-refractivity contribution in [3.8, 4) is 11.5 Å². The summed E-state index contributed by atoms with van der Waals surface area (Å²) in [6.07, 6.45) is 7.49. The highest BCUT2D eigenvalue weighted by molar-refractivity contribution is 7.89. The zero-order valence-corrected chi connectivity index (χ0v) is 24.5. The highest BCUT2D eigenvalue weighted by atomic mass is 32.2. The molecule has 0 radical (unpaired) electrons. The number of methoxy groups -OCH3 is 2. The third-order valence-corrected chi connectivity index (χ3v) is 10.2. The molecule has 0 aliphatic heterocycles. The van der Waals surface area contributed by atoms with Crippen LogP contribution in [0.15, 0.2) is 77.7 Å². The van der Waals surface area contributed by atoms with E-state index in [0.717, 1.165) is 63.0 Å². The molecule has 3 aromatic carbocycles. The number of aryl methyl sites for hydroxylation is 1. The van der Waals surface area contributed by atoms with Crippen molar-refractivity contribution in [2.24, 2.45) is 11.8 Å². The van der Waals surface area contributed by atoms with Crippen LogP contribution in [-0.2, 0) is 22.9 Å². The van der Waals surface area contributed by atoms with Gasteiger partial charge < -0.3 is 14.8 Å². The number of benzene rings is 3. The van der Waals surface area contributed by atoms with Crippen LogP contribution in [0.1, 0.15) is 54.7 Å². The summed E-state index contributed by atoms with van der Waals surface area (Å²) in [5, 5.41) is 3.98. The summed E-state index contributed by atoms with van der Waals surface area (Å²) in [6, 6.07) is 24.0. The Morgan fingerprint density at radius 3 is 2.20 bits per heavy atom. The second kappa shape index (κ2) is 13.2. The van der Waals surface area contributed by atoms with Crippen molar-refractivity contribution in [2.75, 3.05) is 27.3 Å². The minimum atomic E-state index is -3.44. The van der Waals surface area contributed by atoms with E-state index < -0.39 is 10.0 Å². The van der Waals surface area contributed by atoms with Crippen LogP contribution < -0.4 is 19.5 Å². The monoisotopic (exact) mass is 562 g/mol. The van der Waals surface area contributed by atoms with Gasteiger partial charge in [-0.25, -0.2) is 13.1 Å². The quantitative estimate of drug-likeness (QED) is 0.313. The van der Waals surface area contributed by atoms with Crippen molar-refractivity contribution in [3.05, 3.63) is 89.5 Å². The topological polar surface area (TPSA) is 76.7 Å². The van der Waals surface area contributed by atoms with Crippen LogP contribution in [-0.4, -0.2) is 41.8 Å². The van der Waals surface area contributed by atoms with Crippen LogP contribution in [0.2, 0.25) is 0 Å². The van der Waals surface area contributed by atoms with E-state index in [9.17, 15) is 8.42 Å². The molecule has 214 valence electrons. The standard InChI is InChI=1S/C33H42N2O4S/c1-38-28-8-6-7-26(19-28)20-32-31-17-16-29(39-2)21-27(31)15-18-33(32)34-22-24-11-13-25(14-12-24)23-35-40(36,37)30-9-4-3-5-10-30/h3-10,16-17,19,21,24-25,32-35H,11-15,18,20,22-23H2,1-2H3. The average Bonchev–Trinajstić information content (AvgIpc) is 3.00. The lowest BCUT2D eigenvalue weighted by atomic mass is 9.75. The van der Waals surface area contributed by atoms with Gasteiger partial charge in [-0.15, -0.1) is 0 Å². The van der Waals surface area contributed by atoms with Crippen LogP contribution >= 0.6 is 0 Å². The zero-order valence-electron chi connectivity index (χ0n) is 23.6. The molecule has 0 spiro atoms. The van der Waals surface area contributed by atoms with E-state index >= 15 is 0 Å². The molecule has 2 unspecified atom stereocenters. The van der Waals surface area contributed by atoms with Gasteiger partial charge in [-0.3, -0.25) is 0 Å². The van der Waals surface area contributed by atoms with Gasteiger partial charge in [0.2, 0.25) is 10.0 Å². The Bertz CT molecular complexity index is 1350. The molecule has 0 aromatic heterocycles. The molecule has 0 saturated heterocycles. The molecule has 2 aliphatic rings. The van der Waals surface area contributed by atoms with E-state index in [1.165, 1.54) is 16.7 Å². The van der Waals surface area contributed by atoms with Gasteiger partial charge in [0.05, 0.1) is 19.1 Å². The third-order valence-electron chi connectivity index (χ3n) is 8.80.